The molecule has 2 aliphatic rings. The van der Waals surface area contributed by atoms with Crippen LogP contribution in [0.4, 0.5) is 4.79 Å². The Bertz CT molecular complexity index is 879. The van der Waals surface area contributed by atoms with Gasteiger partial charge in [0.15, 0.2) is 0 Å². The van der Waals surface area contributed by atoms with Gasteiger partial charge in [0.1, 0.15) is 6.61 Å². The van der Waals surface area contributed by atoms with Crippen molar-refractivity contribution in [1.82, 2.24) is 4.31 Å². The number of benzene rings is 2. The second-order valence-corrected chi connectivity index (χ2v) is 7.54. The SMILES string of the molecule is O=C(OCC1c2ccccc2-c2ccccc21)N1CCCOS1(=O)=O. The molecule has 0 radical (unpaired) electrons. The van der Waals surface area contributed by atoms with Crippen LogP contribution in [0, 0.1) is 0 Å². The Balaban J connectivity index is 1.56. The Morgan fingerprint density at radius 1 is 1.08 bits per heavy atom. The van der Waals surface area contributed by atoms with Gasteiger partial charge in [0.25, 0.3) is 0 Å². The summed E-state index contributed by atoms with van der Waals surface area (Å²) in [6.45, 7) is 0.257. The summed E-state index contributed by atoms with van der Waals surface area (Å²) in [5, 5.41) is 0. The van der Waals surface area contributed by atoms with Crippen LogP contribution in [0.5, 0.6) is 0 Å². The highest BCUT2D eigenvalue weighted by Gasteiger charge is 2.35. The van der Waals surface area contributed by atoms with Crippen LogP contribution in [0.15, 0.2) is 48.5 Å². The molecule has 7 heteroatoms. The van der Waals surface area contributed by atoms with E-state index >= 15 is 0 Å². The fraction of sp³-hybridized carbons (Fsp3) is 0.278. The van der Waals surface area contributed by atoms with Crippen molar-refractivity contribution in [2.75, 3.05) is 19.8 Å². The molecule has 2 aromatic rings. The number of amides is 1. The van der Waals surface area contributed by atoms with Crippen LogP contribution >= 0.6 is 0 Å². The molecule has 1 aliphatic carbocycles. The number of carbonyl (C=O) groups excluding carboxylic acids is 1. The predicted molar refractivity (Wildman–Crippen MR) is 91.3 cm³/mol. The zero-order valence-corrected chi connectivity index (χ0v) is 14.2. The van der Waals surface area contributed by atoms with E-state index in [9.17, 15) is 13.2 Å². The minimum Gasteiger partial charge on any atom is -0.448 e. The molecule has 0 spiro atoms. The van der Waals surface area contributed by atoms with Gasteiger partial charge < -0.3 is 4.74 Å². The van der Waals surface area contributed by atoms with Crippen LogP contribution in [0.25, 0.3) is 11.1 Å². The molecule has 1 saturated heterocycles. The molecule has 1 heterocycles. The molecule has 0 atom stereocenters. The third-order valence-electron chi connectivity index (χ3n) is 4.55. The van der Waals surface area contributed by atoms with Gasteiger partial charge in [0.05, 0.1) is 6.61 Å². The standard InChI is InChI=1S/C18H17NO5S/c20-18(19-10-5-11-24-25(19,21)22)23-12-17-15-8-3-1-6-13(15)14-7-2-4-9-16(14)17/h1-4,6-9,17H,5,10-12H2. The molecule has 130 valence electrons. The molecule has 2 aromatic carbocycles. The van der Waals surface area contributed by atoms with Gasteiger partial charge in [0.2, 0.25) is 0 Å². The van der Waals surface area contributed by atoms with Crippen LogP contribution in [-0.2, 0) is 19.2 Å². The van der Waals surface area contributed by atoms with Gasteiger partial charge in [-0.15, -0.1) is 0 Å². The molecular weight excluding hydrogens is 342 g/mol. The van der Waals surface area contributed by atoms with E-state index in [1.54, 1.807) is 0 Å². The van der Waals surface area contributed by atoms with E-state index < -0.39 is 16.4 Å². The first-order valence-corrected chi connectivity index (χ1v) is 9.46. The molecule has 4 rings (SSSR count). The first-order valence-electron chi connectivity index (χ1n) is 8.10. The van der Waals surface area contributed by atoms with E-state index in [2.05, 4.69) is 4.18 Å². The summed E-state index contributed by atoms with van der Waals surface area (Å²) in [5.41, 5.74) is 4.39. The zero-order valence-electron chi connectivity index (χ0n) is 13.4. The lowest BCUT2D eigenvalue weighted by Crippen LogP contribution is -2.43. The van der Waals surface area contributed by atoms with Crippen LogP contribution in [-0.4, -0.2) is 38.6 Å². The van der Waals surface area contributed by atoms with Gasteiger partial charge in [0, 0.05) is 12.5 Å². The molecule has 0 saturated carbocycles. The van der Waals surface area contributed by atoms with Crippen LogP contribution in [0.1, 0.15) is 23.5 Å². The minimum atomic E-state index is -4.03. The first kappa shape index (κ1) is 16.1. The topological polar surface area (TPSA) is 72.9 Å². The summed E-state index contributed by atoms with van der Waals surface area (Å²) in [5.74, 6) is -0.107. The number of carbonyl (C=O) groups is 1. The zero-order chi connectivity index (χ0) is 17.4. The summed E-state index contributed by atoms with van der Waals surface area (Å²) in [6.07, 6.45) is -0.426. The van der Waals surface area contributed by atoms with E-state index in [1.165, 1.54) is 0 Å². The third kappa shape index (κ3) is 2.79. The number of ether oxygens (including phenoxy) is 1. The fourth-order valence-electron chi connectivity index (χ4n) is 3.40. The maximum Gasteiger partial charge on any atom is 0.425 e. The van der Waals surface area contributed by atoms with E-state index in [0.717, 1.165) is 22.3 Å². The number of hydrogen-bond acceptors (Lipinski definition) is 5. The van der Waals surface area contributed by atoms with Crippen molar-refractivity contribution in [3.05, 3.63) is 59.7 Å². The molecule has 0 aromatic heterocycles. The maximum absolute atomic E-state index is 12.2. The van der Waals surface area contributed by atoms with Crippen molar-refractivity contribution >= 4 is 16.4 Å². The molecule has 25 heavy (non-hydrogen) atoms. The van der Waals surface area contributed by atoms with E-state index in [1.807, 2.05) is 48.5 Å². The summed E-state index contributed by atoms with van der Waals surface area (Å²) in [7, 11) is -4.03. The quantitative estimate of drug-likeness (QED) is 0.824. The average molecular weight is 359 g/mol. The van der Waals surface area contributed by atoms with Gasteiger partial charge in [-0.25, -0.2) is 4.79 Å². The lowest BCUT2D eigenvalue weighted by Gasteiger charge is -2.25. The Labute approximate surface area is 146 Å². The number of hydrogen-bond donors (Lipinski definition) is 0. The largest absolute Gasteiger partial charge is 0.448 e. The number of rotatable bonds is 2. The van der Waals surface area contributed by atoms with Gasteiger partial charge in [-0.05, 0) is 28.7 Å². The van der Waals surface area contributed by atoms with Crippen LogP contribution < -0.4 is 0 Å². The molecule has 0 bridgehead atoms. The first-order chi connectivity index (χ1) is 12.1. The molecule has 1 aliphatic heterocycles. The lowest BCUT2D eigenvalue weighted by molar-refractivity contribution is 0.109. The Hall–Kier alpha value is -2.38. The van der Waals surface area contributed by atoms with Crippen molar-refractivity contribution in [2.24, 2.45) is 0 Å². The predicted octanol–water partition coefficient (Wildman–Crippen LogP) is 2.90. The van der Waals surface area contributed by atoms with Gasteiger partial charge >= 0.3 is 16.4 Å². The third-order valence-corrected chi connectivity index (χ3v) is 5.88. The average Bonchev–Trinajstić information content (AvgIpc) is 2.93. The van der Waals surface area contributed by atoms with Crippen molar-refractivity contribution in [3.63, 3.8) is 0 Å². The Morgan fingerprint density at radius 3 is 2.28 bits per heavy atom. The molecule has 0 N–H and O–H groups in total. The molecular formula is C18H17NO5S. The second-order valence-electron chi connectivity index (χ2n) is 6.01. The lowest BCUT2D eigenvalue weighted by atomic mass is 9.98. The van der Waals surface area contributed by atoms with Gasteiger partial charge in [-0.1, -0.05) is 48.5 Å². The highest BCUT2D eigenvalue weighted by atomic mass is 32.2. The minimum absolute atomic E-state index is 0.0822. The second kappa shape index (κ2) is 6.16. The van der Waals surface area contributed by atoms with Gasteiger partial charge in [-0.2, -0.15) is 12.7 Å². The van der Waals surface area contributed by atoms with E-state index in [0.29, 0.717) is 10.7 Å². The van der Waals surface area contributed by atoms with E-state index in [-0.39, 0.29) is 25.7 Å². The summed E-state index contributed by atoms with van der Waals surface area (Å²) in [6, 6.07) is 15.9. The van der Waals surface area contributed by atoms with Crippen LogP contribution in [0.3, 0.4) is 0 Å². The normalized spacial score (nSPS) is 18.5. The van der Waals surface area contributed by atoms with Crippen molar-refractivity contribution < 1.29 is 22.1 Å². The summed E-state index contributed by atoms with van der Waals surface area (Å²) >= 11 is 0. The monoisotopic (exact) mass is 359 g/mol. The molecule has 1 amide bonds. The van der Waals surface area contributed by atoms with Crippen molar-refractivity contribution in [3.8, 4) is 11.1 Å². The fourth-order valence-corrected chi connectivity index (χ4v) is 4.44. The number of fused-ring (bicyclic) bond motifs is 3. The van der Waals surface area contributed by atoms with Gasteiger partial charge in [-0.3, -0.25) is 4.18 Å². The highest BCUT2D eigenvalue weighted by Crippen LogP contribution is 2.44. The molecule has 0 unspecified atom stereocenters. The maximum atomic E-state index is 12.2. The Morgan fingerprint density at radius 2 is 1.68 bits per heavy atom. The van der Waals surface area contributed by atoms with E-state index in [4.69, 9.17) is 4.74 Å². The Kier molecular flexibility index (Phi) is 3.97. The molecule has 1 fully saturated rings. The smallest absolute Gasteiger partial charge is 0.425 e. The molecule has 6 nitrogen and oxygen atoms in total. The highest BCUT2D eigenvalue weighted by molar-refractivity contribution is 7.84. The number of nitrogens with zero attached hydrogens (tertiary/aromatic N) is 1. The van der Waals surface area contributed by atoms with Crippen LogP contribution in [0.2, 0.25) is 0 Å². The summed E-state index contributed by atoms with van der Waals surface area (Å²) < 4.78 is 34.3. The van der Waals surface area contributed by atoms with Crippen molar-refractivity contribution in [2.45, 2.75) is 12.3 Å². The summed E-state index contributed by atoms with van der Waals surface area (Å²) in [4.78, 5) is 12.2. The van der Waals surface area contributed by atoms with Crippen molar-refractivity contribution in [1.29, 1.82) is 0 Å².